The molecule has 104 valence electrons. The van der Waals surface area contributed by atoms with E-state index >= 15 is 0 Å². The highest BCUT2D eigenvalue weighted by atomic mass is 16.5. The molecule has 0 aromatic carbocycles. The van der Waals surface area contributed by atoms with E-state index < -0.39 is 0 Å². The van der Waals surface area contributed by atoms with Crippen LogP contribution in [-0.4, -0.2) is 25.7 Å². The summed E-state index contributed by atoms with van der Waals surface area (Å²) in [4.78, 5) is 11.9. The van der Waals surface area contributed by atoms with Crippen molar-refractivity contribution in [3.05, 3.63) is 0 Å². The average molecular weight is 253 g/mol. The maximum atomic E-state index is 11.9. The van der Waals surface area contributed by atoms with Gasteiger partial charge in [0.2, 0.25) is 5.91 Å². The van der Waals surface area contributed by atoms with E-state index in [1.807, 2.05) is 0 Å². The molecule has 0 aromatic rings. The smallest absolute Gasteiger partial charge is 0.248 e. The lowest BCUT2D eigenvalue weighted by atomic mass is 9.99. The van der Waals surface area contributed by atoms with Crippen molar-refractivity contribution in [1.82, 2.24) is 5.32 Å². The minimum atomic E-state index is -0.210. The second kappa shape index (κ2) is 7.13. The molecule has 0 bridgehead atoms. The van der Waals surface area contributed by atoms with Crippen LogP contribution < -0.4 is 5.32 Å². The van der Waals surface area contributed by atoms with E-state index in [1.165, 1.54) is 51.4 Å². The SMILES string of the molecule is CNC(=O)C(CC1CCCC1)OCC1CCCC1. The summed E-state index contributed by atoms with van der Waals surface area (Å²) in [6, 6.07) is 0. The second-order valence-corrected chi connectivity index (χ2v) is 5.97. The summed E-state index contributed by atoms with van der Waals surface area (Å²) in [6.07, 6.45) is 11.2. The molecule has 1 atom stereocenters. The van der Waals surface area contributed by atoms with Gasteiger partial charge in [0.05, 0.1) is 6.61 Å². The molecule has 0 aliphatic heterocycles. The van der Waals surface area contributed by atoms with Crippen LogP contribution in [-0.2, 0) is 9.53 Å². The van der Waals surface area contributed by atoms with Crippen molar-refractivity contribution in [3.8, 4) is 0 Å². The fourth-order valence-electron chi connectivity index (χ4n) is 3.39. The number of carbonyl (C=O) groups excluding carboxylic acids is 1. The summed E-state index contributed by atoms with van der Waals surface area (Å²) in [7, 11) is 1.71. The first-order chi connectivity index (χ1) is 8.79. The Bertz CT molecular complexity index is 255. The van der Waals surface area contributed by atoms with Crippen molar-refractivity contribution in [1.29, 1.82) is 0 Å². The maximum Gasteiger partial charge on any atom is 0.248 e. The first-order valence-electron chi connectivity index (χ1n) is 7.62. The second-order valence-electron chi connectivity index (χ2n) is 5.97. The molecule has 1 N–H and O–H groups in total. The molecule has 2 rings (SSSR count). The Balaban J connectivity index is 1.77. The first kappa shape index (κ1) is 13.9. The van der Waals surface area contributed by atoms with Gasteiger partial charge < -0.3 is 10.1 Å². The van der Waals surface area contributed by atoms with Crippen LogP contribution in [0.15, 0.2) is 0 Å². The Morgan fingerprint density at radius 1 is 1.11 bits per heavy atom. The average Bonchev–Trinajstić information content (AvgIpc) is 3.06. The van der Waals surface area contributed by atoms with Crippen LogP contribution in [0.25, 0.3) is 0 Å². The number of nitrogens with one attached hydrogen (secondary N) is 1. The fraction of sp³-hybridized carbons (Fsp3) is 0.933. The summed E-state index contributed by atoms with van der Waals surface area (Å²) in [5, 5.41) is 2.75. The number of amides is 1. The molecule has 0 spiro atoms. The van der Waals surface area contributed by atoms with Crippen molar-refractivity contribution in [2.24, 2.45) is 11.8 Å². The van der Waals surface area contributed by atoms with Gasteiger partial charge in [-0.2, -0.15) is 0 Å². The van der Waals surface area contributed by atoms with Gasteiger partial charge in [0, 0.05) is 7.05 Å². The van der Waals surface area contributed by atoms with E-state index in [4.69, 9.17) is 4.74 Å². The van der Waals surface area contributed by atoms with E-state index in [0.717, 1.165) is 13.0 Å². The standard InChI is InChI=1S/C15H27NO2/c1-16-15(17)14(10-12-6-2-3-7-12)18-11-13-8-4-5-9-13/h12-14H,2-11H2,1H3,(H,16,17). The highest BCUT2D eigenvalue weighted by Crippen LogP contribution is 2.30. The third-order valence-corrected chi connectivity index (χ3v) is 4.57. The molecule has 0 heterocycles. The zero-order chi connectivity index (χ0) is 12.8. The zero-order valence-electron chi connectivity index (χ0n) is 11.6. The van der Waals surface area contributed by atoms with Gasteiger partial charge in [0.15, 0.2) is 0 Å². The lowest BCUT2D eigenvalue weighted by Gasteiger charge is -2.21. The van der Waals surface area contributed by atoms with E-state index in [0.29, 0.717) is 11.8 Å². The molecular weight excluding hydrogens is 226 g/mol. The molecule has 2 aliphatic rings. The lowest BCUT2D eigenvalue weighted by molar-refractivity contribution is -0.134. The Hall–Kier alpha value is -0.570. The Morgan fingerprint density at radius 3 is 2.22 bits per heavy atom. The predicted molar refractivity (Wildman–Crippen MR) is 72.3 cm³/mol. The van der Waals surface area contributed by atoms with Crippen LogP contribution >= 0.6 is 0 Å². The molecule has 3 heteroatoms. The molecule has 2 aliphatic carbocycles. The Morgan fingerprint density at radius 2 is 1.67 bits per heavy atom. The molecule has 2 fully saturated rings. The van der Waals surface area contributed by atoms with E-state index in [-0.39, 0.29) is 12.0 Å². The lowest BCUT2D eigenvalue weighted by Crippen LogP contribution is -2.36. The van der Waals surface area contributed by atoms with Crippen molar-refractivity contribution in [2.75, 3.05) is 13.7 Å². The molecule has 3 nitrogen and oxygen atoms in total. The van der Waals surface area contributed by atoms with Crippen LogP contribution in [0.5, 0.6) is 0 Å². The first-order valence-corrected chi connectivity index (χ1v) is 7.62. The number of ether oxygens (including phenoxy) is 1. The van der Waals surface area contributed by atoms with Crippen molar-refractivity contribution >= 4 is 5.91 Å². The fourth-order valence-corrected chi connectivity index (χ4v) is 3.39. The summed E-state index contributed by atoms with van der Waals surface area (Å²) in [5.74, 6) is 1.47. The molecule has 2 saturated carbocycles. The summed E-state index contributed by atoms with van der Waals surface area (Å²) >= 11 is 0. The quantitative estimate of drug-likeness (QED) is 0.790. The Kier molecular flexibility index (Phi) is 5.48. The van der Waals surface area contributed by atoms with Gasteiger partial charge >= 0.3 is 0 Å². The topological polar surface area (TPSA) is 38.3 Å². The number of rotatable bonds is 6. The number of hydrogen-bond acceptors (Lipinski definition) is 2. The van der Waals surface area contributed by atoms with Gasteiger partial charge in [-0.1, -0.05) is 38.5 Å². The number of carbonyl (C=O) groups is 1. The van der Waals surface area contributed by atoms with E-state index in [2.05, 4.69) is 5.32 Å². The van der Waals surface area contributed by atoms with Crippen LogP contribution in [0.3, 0.4) is 0 Å². The van der Waals surface area contributed by atoms with Crippen molar-refractivity contribution in [2.45, 2.75) is 63.9 Å². The van der Waals surface area contributed by atoms with Gasteiger partial charge in [-0.05, 0) is 31.1 Å². The van der Waals surface area contributed by atoms with Gasteiger partial charge in [-0.25, -0.2) is 0 Å². The van der Waals surface area contributed by atoms with Crippen LogP contribution in [0.4, 0.5) is 0 Å². The molecule has 18 heavy (non-hydrogen) atoms. The van der Waals surface area contributed by atoms with Gasteiger partial charge in [-0.3, -0.25) is 4.79 Å². The summed E-state index contributed by atoms with van der Waals surface area (Å²) in [6.45, 7) is 0.783. The molecular formula is C15H27NO2. The van der Waals surface area contributed by atoms with Crippen molar-refractivity contribution < 1.29 is 9.53 Å². The normalized spacial score (nSPS) is 23.4. The maximum absolute atomic E-state index is 11.9. The third kappa shape index (κ3) is 3.98. The molecule has 1 amide bonds. The van der Waals surface area contributed by atoms with Gasteiger partial charge in [0.25, 0.3) is 0 Å². The predicted octanol–water partition coefficient (Wildman–Crippen LogP) is 2.89. The molecule has 1 unspecified atom stereocenters. The highest BCUT2D eigenvalue weighted by molar-refractivity contribution is 5.80. The monoisotopic (exact) mass is 253 g/mol. The summed E-state index contributed by atoms with van der Waals surface area (Å²) in [5.41, 5.74) is 0. The number of likely N-dealkylation sites (N-methyl/N-ethyl adjacent to an activating group) is 1. The molecule has 0 saturated heterocycles. The van der Waals surface area contributed by atoms with Crippen LogP contribution in [0.2, 0.25) is 0 Å². The van der Waals surface area contributed by atoms with Crippen molar-refractivity contribution in [3.63, 3.8) is 0 Å². The third-order valence-electron chi connectivity index (χ3n) is 4.57. The minimum absolute atomic E-state index is 0.0693. The van der Waals surface area contributed by atoms with Crippen LogP contribution in [0.1, 0.15) is 57.8 Å². The largest absolute Gasteiger partial charge is 0.368 e. The van der Waals surface area contributed by atoms with Crippen LogP contribution in [0, 0.1) is 11.8 Å². The van der Waals surface area contributed by atoms with E-state index in [9.17, 15) is 4.79 Å². The molecule has 0 aromatic heterocycles. The van der Waals surface area contributed by atoms with Gasteiger partial charge in [-0.15, -0.1) is 0 Å². The minimum Gasteiger partial charge on any atom is -0.368 e. The highest BCUT2D eigenvalue weighted by Gasteiger charge is 2.26. The zero-order valence-corrected chi connectivity index (χ0v) is 11.6. The molecule has 0 radical (unpaired) electrons. The Labute approximate surface area is 111 Å². The summed E-state index contributed by atoms with van der Waals surface area (Å²) < 4.78 is 5.93. The number of hydrogen-bond donors (Lipinski definition) is 1. The van der Waals surface area contributed by atoms with Gasteiger partial charge in [0.1, 0.15) is 6.10 Å². The van der Waals surface area contributed by atoms with E-state index in [1.54, 1.807) is 7.05 Å².